The van der Waals surface area contributed by atoms with E-state index < -0.39 is 22.0 Å². The lowest BCUT2D eigenvalue weighted by atomic mass is 9.90. The Morgan fingerprint density at radius 3 is 2.05 bits per heavy atom. The normalized spacial score (nSPS) is 15.0. The molecule has 0 spiro atoms. The van der Waals surface area contributed by atoms with E-state index in [1.54, 1.807) is 12.1 Å². The molecule has 3 aromatic carbocycles. The number of benzene rings is 3. The highest BCUT2D eigenvalue weighted by molar-refractivity contribution is 7.89. The minimum atomic E-state index is -4.04. The van der Waals surface area contributed by atoms with E-state index in [0.717, 1.165) is 24.2 Å². The highest BCUT2D eigenvalue weighted by atomic mass is 35.5. The van der Waals surface area contributed by atoms with Crippen molar-refractivity contribution in [1.29, 1.82) is 0 Å². The van der Waals surface area contributed by atoms with Gasteiger partial charge in [-0.05, 0) is 67.2 Å². The van der Waals surface area contributed by atoms with Crippen molar-refractivity contribution >= 4 is 28.4 Å². The number of nitrogens with one attached hydrogen (secondary N) is 1. The standard InChI is InChI=1S/C28H32N2O5S.ClH/c1-34-25-12-14-26(15-13-25)36(32,33)30(20-22-8-4-2-5-9-22)27(24-16-18-29-19-17-24)28(31)35-21-23-10-6-3-7-11-23;/h2-15,24,27,29H,16-21H2,1H3;1H/t27-;/m1./s1. The van der Waals surface area contributed by atoms with Gasteiger partial charge in [0.05, 0.1) is 12.0 Å². The zero-order chi connectivity index (χ0) is 25.4. The van der Waals surface area contributed by atoms with Gasteiger partial charge in [-0.1, -0.05) is 60.7 Å². The maximum absolute atomic E-state index is 14.1. The van der Waals surface area contributed by atoms with E-state index in [4.69, 9.17) is 9.47 Å². The van der Waals surface area contributed by atoms with Gasteiger partial charge < -0.3 is 14.8 Å². The molecule has 0 unspecified atom stereocenters. The minimum absolute atomic E-state index is 0. The summed E-state index contributed by atoms with van der Waals surface area (Å²) < 4.78 is 40.4. The molecule has 0 amide bonds. The van der Waals surface area contributed by atoms with Crippen molar-refractivity contribution in [3.8, 4) is 5.75 Å². The topological polar surface area (TPSA) is 84.9 Å². The minimum Gasteiger partial charge on any atom is -0.497 e. The molecule has 1 fully saturated rings. The summed E-state index contributed by atoms with van der Waals surface area (Å²) in [4.78, 5) is 13.8. The van der Waals surface area contributed by atoms with Crippen LogP contribution in [0.15, 0.2) is 89.8 Å². The van der Waals surface area contributed by atoms with E-state index in [1.807, 2.05) is 60.7 Å². The van der Waals surface area contributed by atoms with Gasteiger partial charge in [0.15, 0.2) is 0 Å². The van der Waals surface area contributed by atoms with Crippen LogP contribution in [0.1, 0.15) is 24.0 Å². The molecule has 1 atom stereocenters. The first-order chi connectivity index (χ1) is 17.5. The molecule has 0 radical (unpaired) electrons. The molecular formula is C28H33ClN2O5S. The number of methoxy groups -OCH3 is 1. The molecule has 0 saturated carbocycles. The third kappa shape index (κ3) is 7.32. The van der Waals surface area contributed by atoms with E-state index >= 15 is 0 Å². The molecule has 198 valence electrons. The zero-order valence-corrected chi connectivity index (χ0v) is 22.4. The molecule has 1 saturated heterocycles. The van der Waals surface area contributed by atoms with Crippen molar-refractivity contribution in [3.05, 3.63) is 96.1 Å². The van der Waals surface area contributed by atoms with Gasteiger partial charge >= 0.3 is 5.97 Å². The lowest BCUT2D eigenvalue weighted by Gasteiger charge is -2.36. The molecule has 0 aromatic heterocycles. The largest absolute Gasteiger partial charge is 0.497 e. The summed E-state index contributed by atoms with van der Waals surface area (Å²) in [5.74, 6) is -0.147. The van der Waals surface area contributed by atoms with Gasteiger partial charge in [-0.2, -0.15) is 4.31 Å². The predicted molar refractivity (Wildman–Crippen MR) is 145 cm³/mol. The highest BCUT2D eigenvalue weighted by Crippen LogP contribution is 2.30. The van der Waals surface area contributed by atoms with Crippen LogP contribution in [-0.2, 0) is 32.7 Å². The molecule has 4 rings (SSSR count). The molecule has 0 aliphatic carbocycles. The van der Waals surface area contributed by atoms with E-state index in [1.165, 1.54) is 23.5 Å². The van der Waals surface area contributed by atoms with Crippen LogP contribution in [0.3, 0.4) is 0 Å². The van der Waals surface area contributed by atoms with E-state index in [-0.39, 0.29) is 36.4 Å². The predicted octanol–water partition coefficient (Wildman–Crippen LogP) is 4.42. The van der Waals surface area contributed by atoms with Crippen LogP contribution < -0.4 is 10.1 Å². The first-order valence-corrected chi connectivity index (χ1v) is 13.5. The summed E-state index contributed by atoms with van der Waals surface area (Å²) in [5.41, 5.74) is 1.65. The van der Waals surface area contributed by atoms with Crippen LogP contribution in [0.5, 0.6) is 5.75 Å². The molecule has 3 aromatic rings. The number of hydrogen-bond donors (Lipinski definition) is 1. The fraction of sp³-hybridized carbons (Fsp3) is 0.321. The van der Waals surface area contributed by atoms with Gasteiger partial charge in [-0.25, -0.2) is 8.42 Å². The fourth-order valence-electron chi connectivity index (χ4n) is 4.50. The Labute approximate surface area is 225 Å². The van der Waals surface area contributed by atoms with Crippen molar-refractivity contribution in [2.24, 2.45) is 5.92 Å². The van der Waals surface area contributed by atoms with E-state index in [2.05, 4.69) is 5.32 Å². The summed E-state index contributed by atoms with van der Waals surface area (Å²) in [6.07, 6.45) is 1.35. The average Bonchev–Trinajstić information content (AvgIpc) is 2.93. The average molecular weight is 545 g/mol. The molecule has 1 aliphatic rings. The monoisotopic (exact) mass is 544 g/mol. The van der Waals surface area contributed by atoms with Gasteiger partial charge in [-0.15, -0.1) is 12.4 Å². The Morgan fingerprint density at radius 2 is 1.49 bits per heavy atom. The second-order valence-corrected chi connectivity index (χ2v) is 10.7. The van der Waals surface area contributed by atoms with Gasteiger partial charge in [0, 0.05) is 6.54 Å². The zero-order valence-electron chi connectivity index (χ0n) is 20.8. The SMILES string of the molecule is COc1ccc(S(=O)(=O)N(Cc2ccccc2)[C@@H](C(=O)OCc2ccccc2)C2CCNCC2)cc1.Cl. The van der Waals surface area contributed by atoms with E-state index in [9.17, 15) is 13.2 Å². The Kier molecular flexibility index (Phi) is 10.5. The quantitative estimate of drug-likeness (QED) is 0.380. The molecule has 37 heavy (non-hydrogen) atoms. The highest BCUT2D eigenvalue weighted by Gasteiger charge is 2.42. The number of sulfonamides is 1. The fourth-order valence-corrected chi connectivity index (χ4v) is 6.13. The maximum Gasteiger partial charge on any atom is 0.325 e. The Morgan fingerprint density at radius 1 is 0.919 bits per heavy atom. The second-order valence-electron chi connectivity index (χ2n) is 8.84. The van der Waals surface area contributed by atoms with Crippen molar-refractivity contribution in [2.75, 3.05) is 20.2 Å². The maximum atomic E-state index is 14.1. The van der Waals surface area contributed by atoms with Crippen molar-refractivity contribution in [1.82, 2.24) is 9.62 Å². The van der Waals surface area contributed by atoms with Crippen LogP contribution in [-0.4, -0.2) is 44.9 Å². The van der Waals surface area contributed by atoms with Gasteiger partial charge in [0.25, 0.3) is 0 Å². The molecule has 1 heterocycles. The number of ether oxygens (including phenoxy) is 2. The molecule has 1 aliphatic heterocycles. The summed E-state index contributed by atoms with van der Waals surface area (Å²) in [6, 6.07) is 24.0. The number of carbonyl (C=O) groups is 1. The number of piperidine rings is 1. The first kappa shape index (κ1) is 28.7. The number of esters is 1. The third-order valence-electron chi connectivity index (χ3n) is 6.45. The summed E-state index contributed by atoms with van der Waals surface area (Å²) in [7, 11) is -2.52. The van der Waals surface area contributed by atoms with Crippen LogP contribution in [0.4, 0.5) is 0 Å². The number of carbonyl (C=O) groups excluding carboxylic acids is 1. The Balaban J connectivity index is 0.00000380. The van der Waals surface area contributed by atoms with Crippen molar-refractivity contribution in [2.45, 2.75) is 36.9 Å². The molecule has 9 heteroatoms. The number of nitrogens with zero attached hydrogens (tertiary/aromatic N) is 1. The number of rotatable bonds is 10. The van der Waals surface area contributed by atoms with Crippen LogP contribution >= 0.6 is 12.4 Å². The van der Waals surface area contributed by atoms with Gasteiger partial charge in [-0.3, -0.25) is 4.79 Å². The van der Waals surface area contributed by atoms with Gasteiger partial charge in [0.2, 0.25) is 10.0 Å². The first-order valence-electron chi connectivity index (χ1n) is 12.1. The van der Waals surface area contributed by atoms with Crippen LogP contribution in [0, 0.1) is 5.92 Å². The molecule has 0 bridgehead atoms. The number of hydrogen-bond acceptors (Lipinski definition) is 6. The Bertz CT molecular complexity index is 1220. The Hall–Kier alpha value is -2.91. The van der Waals surface area contributed by atoms with Gasteiger partial charge in [0.1, 0.15) is 18.4 Å². The lowest BCUT2D eigenvalue weighted by molar-refractivity contribution is -0.152. The summed E-state index contributed by atoms with van der Waals surface area (Å²) >= 11 is 0. The molecule has 7 nitrogen and oxygen atoms in total. The second kappa shape index (κ2) is 13.6. The van der Waals surface area contributed by atoms with Crippen molar-refractivity contribution in [3.63, 3.8) is 0 Å². The smallest absolute Gasteiger partial charge is 0.325 e. The van der Waals surface area contributed by atoms with Crippen molar-refractivity contribution < 1.29 is 22.7 Å². The summed E-state index contributed by atoms with van der Waals surface area (Å²) in [6.45, 7) is 1.58. The summed E-state index contributed by atoms with van der Waals surface area (Å²) in [5, 5.41) is 3.30. The lowest BCUT2D eigenvalue weighted by Crippen LogP contribution is -2.51. The van der Waals surface area contributed by atoms with E-state index in [0.29, 0.717) is 18.6 Å². The molecular weight excluding hydrogens is 512 g/mol. The molecule has 1 N–H and O–H groups in total. The number of halogens is 1. The van der Waals surface area contributed by atoms with Crippen LogP contribution in [0.25, 0.3) is 0 Å². The van der Waals surface area contributed by atoms with Crippen LogP contribution in [0.2, 0.25) is 0 Å². The third-order valence-corrected chi connectivity index (χ3v) is 8.29.